The second kappa shape index (κ2) is 5.68. The SMILES string of the molecule is Cc1cc(N)cc(C)c1S(=O)(=O)NCCc1ccco1. The molecule has 0 saturated heterocycles. The van der Waals surface area contributed by atoms with Crippen LogP contribution < -0.4 is 10.5 Å². The molecule has 2 aromatic rings. The number of anilines is 1. The summed E-state index contributed by atoms with van der Waals surface area (Å²) >= 11 is 0. The van der Waals surface area contributed by atoms with Gasteiger partial charge in [-0.15, -0.1) is 0 Å². The topological polar surface area (TPSA) is 85.3 Å². The Morgan fingerprint density at radius 1 is 1.25 bits per heavy atom. The summed E-state index contributed by atoms with van der Waals surface area (Å²) in [5.41, 5.74) is 7.57. The zero-order chi connectivity index (χ0) is 14.8. The smallest absolute Gasteiger partial charge is 0.241 e. The lowest BCUT2D eigenvalue weighted by Crippen LogP contribution is -2.27. The summed E-state index contributed by atoms with van der Waals surface area (Å²) < 4.78 is 32.4. The maximum absolute atomic E-state index is 12.3. The van der Waals surface area contributed by atoms with Crippen LogP contribution in [0.25, 0.3) is 0 Å². The molecule has 3 N–H and O–H groups in total. The summed E-state index contributed by atoms with van der Waals surface area (Å²) in [4.78, 5) is 0.297. The summed E-state index contributed by atoms with van der Waals surface area (Å²) in [6, 6.07) is 6.91. The number of rotatable bonds is 5. The van der Waals surface area contributed by atoms with Crippen LogP contribution in [0.2, 0.25) is 0 Å². The molecule has 0 bridgehead atoms. The van der Waals surface area contributed by atoms with Crippen LogP contribution in [0.3, 0.4) is 0 Å². The molecule has 2 rings (SSSR count). The van der Waals surface area contributed by atoms with E-state index in [0.29, 0.717) is 34.7 Å². The van der Waals surface area contributed by atoms with Gasteiger partial charge in [-0.05, 0) is 49.2 Å². The van der Waals surface area contributed by atoms with Gasteiger partial charge in [0.05, 0.1) is 11.2 Å². The minimum absolute atomic E-state index is 0.291. The third-order valence-electron chi connectivity index (χ3n) is 2.99. The molecule has 1 aromatic heterocycles. The Hall–Kier alpha value is -1.79. The highest BCUT2D eigenvalue weighted by molar-refractivity contribution is 7.89. The lowest BCUT2D eigenvalue weighted by Gasteiger charge is -2.12. The van der Waals surface area contributed by atoms with Crippen LogP contribution in [0.4, 0.5) is 5.69 Å². The van der Waals surface area contributed by atoms with Crippen LogP contribution in [0.1, 0.15) is 16.9 Å². The average molecular weight is 294 g/mol. The maximum Gasteiger partial charge on any atom is 0.241 e. The number of furan rings is 1. The number of hydrogen-bond acceptors (Lipinski definition) is 4. The predicted octanol–water partition coefficient (Wildman–Crippen LogP) is 2.00. The van der Waals surface area contributed by atoms with Crippen molar-refractivity contribution >= 4 is 15.7 Å². The normalized spacial score (nSPS) is 11.7. The van der Waals surface area contributed by atoms with Gasteiger partial charge in [-0.25, -0.2) is 13.1 Å². The molecule has 0 atom stereocenters. The second-order valence-corrected chi connectivity index (χ2v) is 6.41. The van der Waals surface area contributed by atoms with Crippen molar-refractivity contribution in [2.24, 2.45) is 0 Å². The molecule has 1 aromatic carbocycles. The largest absolute Gasteiger partial charge is 0.469 e. The van der Waals surface area contributed by atoms with Gasteiger partial charge in [0, 0.05) is 18.7 Å². The van der Waals surface area contributed by atoms with Crippen molar-refractivity contribution in [2.45, 2.75) is 25.2 Å². The van der Waals surface area contributed by atoms with Crippen molar-refractivity contribution in [3.8, 4) is 0 Å². The van der Waals surface area contributed by atoms with Crippen molar-refractivity contribution in [1.82, 2.24) is 4.72 Å². The Labute approximate surface area is 118 Å². The fourth-order valence-corrected chi connectivity index (χ4v) is 3.72. The first-order valence-corrected chi connectivity index (χ1v) is 7.77. The molecule has 0 saturated carbocycles. The summed E-state index contributed by atoms with van der Waals surface area (Å²) in [6.45, 7) is 3.77. The van der Waals surface area contributed by atoms with Crippen molar-refractivity contribution in [3.63, 3.8) is 0 Å². The van der Waals surface area contributed by atoms with Gasteiger partial charge in [-0.2, -0.15) is 0 Å². The Bertz CT molecular complexity index is 668. The molecule has 1 heterocycles. The van der Waals surface area contributed by atoms with E-state index >= 15 is 0 Å². The van der Waals surface area contributed by atoms with Crippen LogP contribution in [-0.2, 0) is 16.4 Å². The van der Waals surface area contributed by atoms with E-state index in [9.17, 15) is 8.42 Å². The van der Waals surface area contributed by atoms with Crippen LogP contribution in [0, 0.1) is 13.8 Å². The maximum atomic E-state index is 12.3. The highest BCUT2D eigenvalue weighted by Gasteiger charge is 2.19. The number of nitrogens with one attached hydrogen (secondary N) is 1. The van der Waals surface area contributed by atoms with Crippen molar-refractivity contribution in [1.29, 1.82) is 0 Å². The number of benzene rings is 1. The van der Waals surface area contributed by atoms with Gasteiger partial charge in [-0.3, -0.25) is 0 Å². The van der Waals surface area contributed by atoms with Crippen molar-refractivity contribution < 1.29 is 12.8 Å². The standard InChI is InChI=1S/C14H18N2O3S/c1-10-8-12(15)9-11(2)14(10)20(17,18)16-6-5-13-4-3-7-19-13/h3-4,7-9,16H,5-6,15H2,1-2H3. The number of aryl methyl sites for hydroxylation is 2. The molecule has 108 valence electrons. The van der Waals surface area contributed by atoms with E-state index in [1.54, 1.807) is 38.3 Å². The van der Waals surface area contributed by atoms with Gasteiger partial charge in [-0.1, -0.05) is 0 Å². The summed E-state index contributed by atoms with van der Waals surface area (Å²) in [7, 11) is -3.54. The van der Waals surface area contributed by atoms with Gasteiger partial charge in [0.2, 0.25) is 10.0 Å². The second-order valence-electron chi connectivity index (χ2n) is 4.71. The fourth-order valence-electron chi connectivity index (χ4n) is 2.24. The van der Waals surface area contributed by atoms with Crippen molar-refractivity contribution in [3.05, 3.63) is 47.4 Å². The Kier molecular flexibility index (Phi) is 4.15. The molecule has 0 fully saturated rings. The molecule has 0 spiro atoms. The molecule has 5 nitrogen and oxygen atoms in total. The highest BCUT2D eigenvalue weighted by Crippen LogP contribution is 2.22. The van der Waals surface area contributed by atoms with Crippen LogP contribution in [0.15, 0.2) is 39.8 Å². The minimum Gasteiger partial charge on any atom is -0.469 e. The third kappa shape index (κ3) is 3.20. The quantitative estimate of drug-likeness (QED) is 0.826. The van der Waals surface area contributed by atoms with Crippen molar-refractivity contribution in [2.75, 3.05) is 12.3 Å². The van der Waals surface area contributed by atoms with Gasteiger partial charge >= 0.3 is 0 Å². The summed E-state index contributed by atoms with van der Waals surface area (Å²) in [6.07, 6.45) is 2.08. The molecule has 0 aliphatic carbocycles. The molecule has 20 heavy (non-hydrogen) atoms. The molecule has 6 heteroatoms. The van der Waals surface area contributed by atoms with Gasteiger partial charge in [0.1, 0.15) is 5.76 Å². The Morgan fingerprint density at radius 2 is 1.90 bits per heavy atom. The van der Waals surface area contributed by atoms with E-state index in [1.165, 1.54) is 0 Å². The molecule has 0 radical (unpaired) electrons. The molecule has 0 amide bonds. The van der Waals surface area contributed by atoms with Crippen LogP contribution in [0.5, 0.6) is 0 Å². The molecule has 0 unspecified atom stereocenters. The van der Waals surface area contributed by atoms with Gasteiger partial charge in [0.25, 0.3) is 0 Å². The van der Waals surface area contributed by atoms with E-state index in [1.807, 2.05) is 6.07 Å². The predicted molar refractivity (Wildman–Crippen MR) is 77.9 cm³/mol. The van der Waals surface area contributed by atoms with Gasteiger partial charge in [0.15, 0.2) is 0 Å². The highest BCUT2D eigenvalue weighted by atomic mass is 32.2. The summed E-state index contributed by atoms with van der Waals surface area (Å²) in [5.74, 6) is 0.749. The third-order valence-corrected chi connectivity index (χ3v) is 4.76. The molecule has 0 aliphatic heterocycles. The number of nitrogen functional groups attached to an aromatic ring is 1. The summed E-state index contributed by atoms with van der Waals surface area (Å²) in [5, 5.41) is 0. The van der Waals surface area contributed by atoms with Gasteiger partial charge < -0.3 is 10.2 Å². The van der Waals surface area contributed by atoms with E-state index in [2.05, 4.69) is 4.72 Å². The molecular weight excluding hydrogens is 276 g/mol. The monoisotopic (exact) mass is 294 g/mol. The van der Waals surface area contributed by atoms with E-state index < -0.39 is 10.0 Å². The molecular formula is C14H18N2O3S. The lowest BCUT2D eigenvalue weighted by molar-refractivity contribution is 0.506. The van der Waals surface area contributed by atoms with E-state index in [0.717, 1.165) is 5.76 Å². The molecule has 0 aliphatic rings. The Morgan fingerprint density at radius 3 is 2.45 bits per heavy atom. The number of nitrogens with two attached hydrogens (primary N) is 1. The van der Waals surface area contributed by atoms with Crippen LogP contribution in [-0.4, -0.2) is 15.0 Å². The first kappa shape index (κ1) is 14.6. The first-order chi connectivity index (χ1) is 9.40. The van der Waals surface area contributed by atoms with Crippen LogP contribution >= 0.6 is 0 Å². The number of sulfonamides is 1. The van der Waals surface area contributed by atoms with E-state index in [4.69, 9.17) is 10.2 Å². The lowest BCUT2D eigenvalue weighted by atomic mass is 10.1. The fraction of sp³-hybridized carbons (Fsp3) is 0.286. The zero-order valence-electron chi connectivity index (χ0n) is 11.5. The average Bonchev–Trinajstić information content (AvgIpc) is 2.79. The Balaban J connectivity index is 2.14. The first-order valence-electron chi connectivity index (χ1n) is 6.29. The minimum atomic E-state index is -3.54. The zero-order valence-corrected chi connectivity index (χ0v) is 12.3. The van der Waals surface area contributed by atoms with E-state index in [-0.39, 0.29) is 0 Å². The number of hydrogen-bond donors (Lipinski definition) is 2.